The Balaban J connectivity index is 2.09. The molecule has 2 atom stereocenters. The summed E-state index contributed by atoms with van der Waals surface area (Å²) in [6.45, 7) is 4.42. The summed E-state index contributed by atoms with van der Waals surface area (Å²) in [5.74, 6) is 1.85. The fraction of sp³-hybridized carbons (Fsp3) is 1.00. The minimum atomic E-state index is -0.347. The summed E-state index contributed by atoms with van der Waals surface area (Å²) in [6, 6.07) is 0. The number of hydrogen-bond acceptors (Lipinski definition) is 1. The maximum absolute atomic E-state index is 11.0. The maximum Gasteiger partial charge on any atom is 0.0701 e. The van der Waals surface area contributed by atoms with Crippen molar-refractivity contribution in [3.63, 3.8) is 0 Å². The molecule has 0 radical (unpaired) electrons. The van der Waals surface area contributed by atoms with Crippen LogP contribution < -0.4 is 0 Å². The third kappa shape index (κ3) is 2.30. The number of hydrogen-bond donors (Lipinski definition) is 1. The van der Waals surface area contributed by atoms with Crippen LogP contribution >= 0.6 is 0 Å². The van der Waals surface area contributed by atoms with Gasteiger partial charge in [-0.25, -0.2) is 0 Å². The Kier molecular flexibility index (Phi) is 3.94. The van der Waals surface area contributed by atoms with Crippen LogP contribution in [0.4, 0.5) is 0 Å². The van der Waals surface area contributed by atoms with Crippen molar-refractivity contribution in [1.29, 1.82) is 0 Å². The molecule has 0 aliphatic heterocycles. The van der Waals surface area contributed by atoms with Gasteiger partial charge in [0.25, 0.3) is 0 Å². The van der Waals surface area contributed by atoms with Gasteiger partial charge in [0.1, 0.15) is 0 Å². The third-order valence-electron chi connectivity index (χ3n) is 5.20. The van der Waals surface area contributed by atoms with E-state index in [0.717, 1.165) is 12.3 Å². The maximum atomic E-state index is 11.0. The number of rotatable bonds is 2. The summed E-state index contributed by atoms with van der Waals surface area (Å²) >= 11 is 0. The molecule has 94 valence electrons. The van der Waals surface area contributed by atoms with Crippen LogP contribution in [-0.2, 0) is 0 Å². The second-order valence-electron chi connectivity index (χ2n) is 6.40. The zero-order chi connectivity index (χ0) is 11.6. The van der Waals surface area contributed by atoms with Crippen molar-refractivity contribution in [1.82, 2.24) is 0 Å². The summed E-state index contributed by atoms with van der Waals surface area (Å²) in [5.41, 5.74) is -0.347. The standard InChI is InChI=1S/C15H28O/c1-12(2)15(16)11-7-6-10-14(15)13-8-4-3-5-9-13/h12-14,16H,3-11H2,1-2H3. The second-order valence-corrected chi connectivity index (χ2v) is 6.40. The normalized spacial score (nSPS) is 37.9. The van der Waals surface area contributed by atoms with Crippen LogP contribution in [0.15, 0.2) is 0 Å². The highest BCUT2D eigenvalue weighted by molar-refractivity contribution is 4.95. The van der Waals surface area contributed by atoms with Gasteiger partial charge in [0.15, 0.2) is 0 Å². The fourth-order valence-corrected chi connectivity index (χ4v) is 4.10. The average molecular weight is 224 g/mol. The van der Waals surface area contributed by atoms with Crippen LogP contribution in [0.2, 0.25) is 0 Å². The molecule has 2 unspecified atom stereocenters. The Labute approximate surface area is 101 Å². The molecule has 0 saturated heterocycles. The van der Waals surface area contributed by atoms with E-state index in [1.807, 2.05) is 0 Å². The van der Waals surface area contributed by atoms with E-state index in [-0.39, 0.29) is 5.60 Å². The Morgan fingerprint density at radius 1 is 0.938 bits per heavy atom. The first-order chi connectivity index (χ1) is 7.64. The Morgan fingerprint density at radius 3 is 2.19 bits per heavy atom. The molecule has 2 saturated carbocycles. The predicted molar refractivity (Wildman–Crippen MR) is 68.3 cm³/mol. The minimum absolute atomic E-state index is 0.347. The highest BCUT2D eigenvalue weighted by Gasteiger charge is 2.44. The summed E-state index contributed by atoms with van der Waals surface area (Å²) in [5, 5.41) is 11.0. The molecule has 0 amide bonds. The zero-order valence-electron chi connectivity index (χ0n) is 11.0. The van der Waals surface area contributed by atoms with E-state index in [4.69, 9.17) is 0 Å². The molecule has 16 heavy (non-hydrogen) atoms. The SMILES string of the molecule is CC(C)C1(O)CCCCC1C1CCCCC1. The molecule has 0 bridgehead atoms. The smallest absolute Gasteiger partial charge is 0.0701 e. The van der Waals surface area contributed by atoms with Gasteiger partial charge in [0, 0.05) is 0 Å². The number of aliphatic hydroxyl groups is 1. The van der Waals surface area contributed by atoms with Crippen molar-refractivity contribution in [2.45, 2.75) is 77.2 Å². The van der Waals surface area contributed by atoms with E-state index in [0.29, 0.717) is 11.8 Å². The first kappa shape index (κ1) is 12.4. The lowest BCUT2D eigenvalue weighted by molar-refractivity contribution is -0.109. The molecule has 0 spiro atoms. The van der Waals surface area contributed by atoms with Gasteiger partial charge in [-0.15, -0.1) is 0 Å². The van der Waals surface area contributed by atoms with E-state index in [1.165, 1.54) is 51.4 Å². The third-order valence-corrected chi connectivity index (χ3v) is 5.20. The van der Waals surface area contributed by atoms with Crippen molar-refractivity contribution < 1.29 is 5.11 Å². The molecule has 2 fully saturated rings. The predicted octanol–water partition coefficient (Wildman–Crippen LogP) is 4.14. The molecular formula is C15H28O. The lowest BCUT2D eigenvalue weighted by Crippen LogP contribution is -2.48. The highest BCUT2D eigenvalue weighted by Crippen LogP contribution is 2.46. The zero-order valence-corrected chi connectivity index (χ0v) is 11.0. The van der Waals surface area contributed by atoms with Crippen LogP contribution in [0.5, 0.6) is 0 Å². The van der Waals surface area contributed by atoms with Crippen LogP contribution in [0.3, 0.4) is 0 Å². The first-order valence-electron chi connectivity index (χ1n) is 7.37. The van der Waals surface area contributed by atoms with Gasteiger partial charge in [-0.05, 0) is 30.6 Å². The molecule has 0 aromatic rings. The van der Waals surface area contributed by atoms with Crippen molar-refractivity contribution in [3.8, 4) is 0 Å². The lowest BCUT2D eigenvalue weighted by Gasteiger charge is -2.47. The molecule has 2 aliphatic rings. The van der Waals surface area contributed by atoms with Crippen molar-refractivity contribution in [2.75, 3.05) is 0 Å². The minimum Gasteiger partial charge on any atom is -0.389 e. The van der Waals surface area contributed by atoms with Crippen LogP contribution in [0, 0.1) is 17.8 Å². The summed E-state index contributed by atoms with van der Waals surface area (Å²) in [7, 11) is 0. The Hall–Kier alpha value is -0.0400. The summed E-state index contributed by atoms with van der Waals surface area (Å²) in [6.07, 6.45) is 11.9. The fourth-order valence-electron chi connectivity index (χ4n) is 4.10. The van der Waals surface area contributed by atoms with Gasteiger partial charge in [-0.2, -0.15) is 0 Å². The van der Waals surface area contributed by atoms with Gasteiger partial charge in [-0.3, -0.25) is 0 Å². The molecular weight excluding hydrogens is 196 g/mol. The summed E-state index contributed by atoms with van der Waals surface area (Å²) in [4.78, 5) is 0. The largest absolute Gasteiger partial charge is 0.389 e. The van der Waals surface area contributed by atoms with Crippen molar-refractivity contribution >= 4 is 0 Å². The van der Waals surface area contributed by atoms with Gasteiger partial charge < -0.3 is 5.11 Å². The van der Waals surface area contributed by atoms with Gasteiger partial charge in [-0.1, -0.05) is 58.8 Å². The van der Waals surface area contributed by atoms with Crippen molar-refractivity contribution in [2.24, 2.45) is 17.8 Å². The van der Waals surface area contributed by atoms with Crippen molar-refractivity contribution in [3.05, 3.63) is 0 Å². The van der Waals surface area contributed by atoms with Crippen LogP contribution in [-0.4, -0.2) is 10.7 Å². The van der Waals surface area contributed by atoms with E-state index < -0.39 is 0 Å². The summed E-state index contributed by atoms with van der Waals surface area (Å²) < 4.78 is 0. The molecule has 1 N–H and O–H groups in total. The van der Waals surface area contributed by atoms with E-state index in [2.05, 4.69) is 13.8 Å². The molecule has 2 aliphatic carbocycles. The van der Waals surface area contributed by atoms with Gasteiger partial charge in [0.05, 0.1) is 5.60 Å². The molecule has 0 aromatic heterocycles. The second kappa shape index (κ2) is 5.08. The lowest BCUT2D eigenvalue weighted by atomic mass is 9.62. The molecule has 1 nitrogen and oxygen atoms in total. The monoisotopic (exact) mass is 224 g/mol. The van der Waals surface area contributed by atoms with Crippen LogP contribution in [0.25, 0.3) is 0 Å². The Bertz CT molecular complexity index is 217. The quantitative estimate of drug-likeness (QED) is 0.747. The molecule has 1 heteroatoms. The highest BCUT2D eigenvalue weighted by atomic mass is 16.3. The molecule has 0 heterocycles. The van der Waals surface area contributed by atoms with E-state index in [1.54, 1.807) is 0 Å². The van der Waals surface area contributed by atoms with Gasteiger partial charge >= 0.3 is 0 Å². The first-order valence-corrected chi connectivity index (χ1v) is 7.37. The Morgan fingerprint density at radius 2 is 1.56 bits per heavy atom. The van der Waals surface area contributed by atoms with Crippen LogP contribution in [0.1, 0.15) is 71.6 Å². The average Bonchev–Trinajstić information content (AvgIpc) is 2.30. The molecule has 0 aromatic carbocycles. The van der Waals surface area contributed by atoms with Gasteiger partial charge in [0.2, 0.25) is 0 Å². The topological polar surface area (TPSA) is 20.2 Å². The van der Waals surface area contributed by atoms with E-state index >= 15 is 0 Å². The van der Waals surface area contributed by atoms with E-state index in [9.17, 15) is 5.11 Å². The molecule has 2 rings (SSSR count).